The summed E-state index contributed by atoms with van der Waals surface area (Å²) < 4.78 is 5.24. The van der Waals surface area contributed by atoms with E-state index in [-0.39, 0.29) is 11.9 Å². The Morgan fingerprint density at radius 1 is 1.03 bits per heavy atom. The second kappa shape index (κ2) is 9.85. The number of anilines is 2. The first-order valence-electron chi connectivity index (χ1n) is 11.1. The average molecular weight is 434 g/mol. The fourth-order valence-electron chi connectivity index (χ4n) is 4.28. The normalized spacial score (nSPS) is 18.2. The van der Waals surface area contributed by atoms with E-state index in [2.05, 4.69) is 10.6 Å². The number of methoxy groups -OCH3 is 1. The fraction of sp³-hybridized carbons (Fsp3) is 0.400. The topological polar surface area (TPSA) is 79.4 Å². The molecule has 0 unspecified atom stereocenters. The number of hydrogen-bond acceptors (Lipinski definition) is 6. The lowest BCUT2D eigenvalue weighted by Crippen LogP contribution is -2.40. The predicted octanol–water partition coefficient (Wildman–Crippen LogP) is 3.79. The van der Waals surface area contributed by atoms with Gasteiger partial charge >= 0.3 is 0 Å². The Bertz CT molecular complexity index is 1080. The molecule has 3 aromatic rings. The van der Waals surface area contributed by atoms with Crippen molar-refractivity contribution in [2.24, 2.45) is 0 Å². The highest BCUT2D eigenvalue weighted by Crippen LogP contribution is 2.26. The van der Waals surface area contributed by atoms with Gasteiger partial charge in [0, 0.05) is 31.6 Å². The van der Waals surface area contributed by atoms with Crippen LogP contribution < -0.4 is 20.3 Å². The van der Waals surface area contributed by atoms with Gasteiger partial charge in [-0.3, -0.25) is 4.79 Å². The summed E-state index contributed by atoms with van der Waals surface area (Å²) in [6, 6.07) is 16.2. The van der Waals surface area contributed by atoms with Crippen molar-refractivity contribution in [2.45, 2.75) is 44.2 Å². The van der Waals surface area contributed by atoms with Gasteiger partial charge in [-0.15, -0.1) is 0 Å². The number of carbonyl (C=O) groups excluding carboxylic acids is 1. The van der Waals surface area contributed by atoms with Gasteiger partial charge in [-0.25, -0.2) is 4.98 Å². The Labute approximate surface area is 189 Å². The van der Waals surface area contributed by atoms with Crippen molar-refractivity contribution in [2.75, 3.05) is 31.4 Å². The van der Waals surface area contributed by atoms with Gasteiger partial charge in [-0.2, -0.15) is 4.98 Å². The molecule has 1 aliphatic rings. The van der Waals surface area contributed by atoms with Crippen LogP contribution in [0.1, 0.15) is 31.2 Å². The molecule has 32 heavy (non-hydrogen) atoms. The van der Waals surface area contributed by atoms with Gasteiger partial charge in [0.15, 0.2) is 0 Å². The van der Waals surface area contributed by atoms with Gasteiger partial charge < -0.3 is 20.3 Å². The lowest BCUT2D eigenvalue weighted by molar-refractivity contribution is -0.121. The molecule has 1 amide bonds. The molecule has 1 heterocycles. The van der Waals surface area contributed by atoms with Crippen LogP contribution >= 0.6 is 0 Å². The molecule has 0 spiro atoms. The van der Waals surface area contributed by atoms with Crippen LogP contribution in [-0.4, -0.2) is 49.2 Å². The summed E-state index contributed by atoms with van der Waals surface area (Å²) in [4.78, 5) is 24.0. The quantitative estimate of drug-likeness (QED) is 0.590. The number of carbonyl (C=O) groups is 1. The van der Waals surface area contributed by atoms with E-state index >= 15 is 0 Å². The van der Waals surface area contributed by atoms with Crippen LogP contribution in [-0.2, 0) is 11.2 Å². The number of rotatable bonds is 7. The van der Waals surface area contributed by atoms with Crippen LogP contribution in [0.2, 0.25) is 0 Å². The third kappa shape index (κ3) is 5.28. The van der Waals surface area contributed by atoms with E-state index in [1.165, 1.54) is 0 Å². The monoisotopic (exact) mass is 433 g/mol. The van der Waals surface area contributed by atoms with E-state index in [4.69, 9.17) is 14.7 Å². The van der Waals surface area contributed by atoms with Crippen molar-refractivity contribution in [3.63, 3.8) is 0 Å². The number of nitrogens with one attached hydrogen (secondary N) is 2. The molecule has 1 saturated carbocycles. The van der Waals surface area contributed by atoms with E-state index in [1.54, 1.807) is 7.11 Å². The first-order chi connectivity index (χ1) is 15.5. The molecule has 0 radical (unpaired) electrons. The summed E-state index contributed by atoms with van der Waals surface area (Å²) in [5.41, 5.74) is 1.90. The Morgan fingerprint density at radius 3 is 2.53 bits per heavy atom. The second-order valence-corrected chi connectivity index (χ2v) is 8.57. The van der Waals surface area contributed by atoms with E-state index in [0.717, 1.165) is 53.7 Å². The van der Waals surface area contributed by atoms with Crippen LogP contribution in [0.15, 0.2) is 48.5 Å². The number of aromatic nitrogens is 2. The zero-order valence-corrected chi connectivity index (χ0v) is 19.0. The molecular formula is C25H31N5O2. The number of fused-ring (bicyclic) bond motifs is 1. The van der Waals surface area contributed by atoms with E-state index < -0.39 is 0 Å². The van der Waals surface area contributed by atoms with Gasteiger partial charge in [0.1, 0.15) is 11.6 Å². The van der Waals surface area contributed by atoms with Gasteiger partial charge in [0.2, 0.25) is 11.9 Å². The highest BCUT2D eigenvalue weighted by atomic mass is 16.5. The number of nitrogens with zero attached hydrogens (tertiary/aromatic N) is 3. The van der Waals surface area contributed by atoms with Crippen molar-refractivity contribution in [1.82, 2.24) is 15.3 Å². The van der Waals surface area contributed by atoms with Gasteiger partial charge in [0.05, 0.1) is 19.0 Å². The molecule has 1 aliphatic carbocycles. The minimum Gasteiger partial charge on any atom is -0.497 e. The van der Waals surface area contributed by atoms with E-state index in [9.17, 15) is 4.79 Å². The van der Waals surface area contributed by atoms with Crippen LogP contribution in [0, 0.1) is 0 Å². The Balaban J connectivity index is 1.31. The minimum absolute atomic E-state index is 0.0585. The Hall–Kier alpha value is -3.35. The van der Waals surface area contributed by atoms with E-state index in [0.29, 0.717) is 18.4 Å². The molecule has 7 heteroatoms. The summed E-state index contributed by atoms with van der Waals surface area (Å²) in [5.74, 6) is 2.41. The summed E-state index contributed by atoms with van der Waals surface area (Å²) in [7, 11) is 5.63. The maximum absolute atomic E-state index is 12.5. The lowest BCUT2D eigenvalue weighted by Gasteiger charge is -2.30. The van der Waals surface area contributed by atoms with Crippen molar-refractivity contribution in [3.8, 4) is 5.75 Å². The molecule has 1 fully saturated rings. The van der Waals surface area contributed by atoms with Gasteiger partial charge in [0.25, 0.3) is 0 Å². The summed E-state index contributed by atoms with van der Waals surface area (Å²) in [6.45, 7) is 0. The zero-order valence-electron chi connectivity index (χ0n) is 19.0. The maximum Gasteiger partial charge on any atom is 0.225 e. The van der Waals surface area contributed by atoms with Crippen LogP contribution in [0.25, 0.3) is 10.9 Å². The largest absolute Gasteiger partial charge is 0.497 e. The number of benzene rings is 2. The molecule has 0 aliphatic heterocycles. The van der Waals surface area contributed by atoms with Crippen LogP contribution in [0.3, 0.4) is 0 Å². The van der Waals surface area contributed by atoms with Crippen molar-refractivity contribution >= 4 is 28.6 Å². The summed E-state index contributed by atoms with van der Waals surface area (Å²) >= 11 is 0. The number of ether oxygens (including phenoxy) is 1. The molecule has 7 nitrogen and oxygen atoms in total. The SMILES string of the molecule is COc1cccc(CC(=O)NC2CCC(Nc3nc(N(C)C)c4ccccc4n3)CC2)c1. The molecule has 0 saturated heterocycles. The second-order valence-electron chi connectivity index (χ2n) is 8.57. The predicted molar refractivity (Wildman–Crippen MR) is 128 cm³/mol. The summed E-state index contributed by atoms with van der Waals surface area (Å²) in [6.07, 6.45) is 4.19. The standard InChI is InChI=1S/C25H31N5O2/c1-30(2)24-21-9-4-5-10-22(21)28-25(29-24)27-19-13-11-18(12-14-19)26-23(31)16-17-7-6-8-20(15-17)32-3/h4-10,15,18-19H,11-14,16H2,1-3H3,(H,26,31)(H,27,28,29). The summed E-state index contributed by atoms with van der Waals surface area (Å²) in [5, 5.41) is 7.76. The van der Waals surface area contributed by atoms with Gasteiger partial charge in [-0.05, 0) is 55.5 Å². The van der Waals surface area contributed by atoms with Crippen LogP contribution in [0.4, 0.5) is 11.8 Å². The molecule has 2 N–H and O–H groups in total. The molecule has 1 aromatic heterocycles. The van der Waals surface area contributed by atoms with Crippen molar-refractivity contribution in [1.29, 1.82) is 0 Å². The molecule has 0 bridgehead atoms. The zero-order chi connectivity index (χ0) is 22.5. The number of para-hydroxylation sites is 1. The molecule has 0 atom stereocenters. The first-order valence-corrected chi connectivity index (χ1v) is 11.1. The van der Waals surface area contributed by atoms with Crippen molar-refractivity contribution in [3.05, 3.63) is 54.1 Å². The molecule has 2 aromatic carbocycles. The Morgan fingerprint density at radius 2 is 1.78 bits per heavy atom. The minimum atomic E-state index is 0.0585. The Kier molecular flexibility index (Phi) is 6.73. The van der Waals surface area contributed by atoms with Crippen LogP contribution in [0.5, 0.6) is 5.75 Å². The van der Waals surface area contributed by atoms with Crippen molar-refractivity contribution < 1.29 is 9.53 Å². The lowest BCUT2D eigenvalue weighted by atomic mass is 9.91. The average Bonchev–Trinajstić information content (AvgIpc) is 2.80. The third-order valence-electron chi connectivity index (χ3n) is 5.93. The molecular weight excluding hydrogens is 402 g/mol. The smallest absolute Gasteiger partial charge is 0.225 e. The number of hydrogen-bond donors (Lipinski definition) is 2. The first kappa shape index (κ1) is 21.9. The highest BCUT2D eigenvalue weighted by Gasteiger charge is 2.23. The maximum atomic E-state index is 12.5. The van der Waals surface area contributed by atoms with Gasteiger partial charge in [-0.1, -0.05) is 24.3 Å². The molecule has 168 valence electrons. The fourth-order valence-corrected chi connectivity index (χ4v) is 4.28. The molecule has 4 rings (SSSR count). The number of amides is 1. The highest BCUT2D eigenvalue weighted by molar-refractivity contribution is 5.90. The van der Waals surface area contributed by atoms with E-state index in [1.807, 2.05) is 67.5 Å². The third-order valence-corrected chi connectivity index (χ3v) is 5.93.